The Kier molecular flexibility index (Phi) is 1.02. The molecule has 2 fully saturated rings. The van der Waals surface area contributed by atoms with Crippen LogP contribution < -0.4 is 0 Å². The van der Waals surface area contributed by atoms with E-state index in [4.69, 9.17) is 0 Å². The van der Waals surface area contributed by atoms with Crippen molar-refractivity contribution in [2.45, 2.75) is 25.7 Å². The van der Waals surface area contributed by atoms with Crippen molar-refractivity contribution in [3.05, 3.63) is 23.0 Å². The molecule has 0 amide bonds. The van der Waals surface area contributed by atoms with Gasteiger partial charge in [0.05, 0.1) is 11.9 Å². The molecule has 3 aliphatic carbocycles. The van der Waals surface area contributed by atoms with Crippen LogP contribution in [0.1, 0.15) is 30.5 Å². The van der Waals surface area contributed by atoms with Gasteiger partial charge in [0, 0.05) is 7.05 Å². The lowest BCUT2D eigenvalue weighted by atomic mass is 9.84. The van der Waals surface area contributed by atoms with Crippen molar-refractivity contribution in [2.75, 3.05) is 0 Å². The lowest BCUT2D eigenvalue weighted by Gasteiger charge is -2.20. The van der Waals surface area contributed by atoms with Crippen LogP contribution in [0, 0.1) is 11.3 Å². The molecule has 2 saturated carbocycles. The maximum atomic E-state index is 4.35. The summed E-state index contributed by atoms with van der Waals surface area (Å²) in [6.07, 6.45) is 9.98. The Morgan fingerprint density at radius 3 is 3.36 bits per heavy atom. The summed E-state index contributed by atoms with van der Waals surface area (Å²) in [6, 6.07) is 0. The fourth-order valence-corrected chi connectivity index (χ4v) is 3.60. The Labute approximate surface area is 83.6 Å². The molecule has 1 heterocycles. The maximum absolute atomic E-state index is 4.35. The van der Waals surface area contributed by atoms with Gasteiger partial charge in [-0.05, 0) is 48.7 Å². The Morgan fingerprint density at radius 2 is 2.50 bits per heavy atom. The Morgan fingerprint density at radius 1 is 1.57 bits per heavy atom. The Hall–Kier alpha value is -1.05. The lowest BCUT2D eigenvalue weighted by molar-refractivity contribution is 0.578. The molecule has 1 unspecified atom stereocenters. The fourth-order valence-electron chi connectivity index (χ4n) is 3.60. The zero-order valence-electron chi connectivity index (χ0n) is 8.45. The van der Waals surface area contributed by atoms with Gasteiger partial charge in [0.1, 0.15) is 0 Å². The molecule has 14 heavy (non-hydrogen) atoms. The number of allylic oxidation sites excluding steroid dienone is 1. The molecule has 0 saturated heterocycles. The van der Waals surface area contributed by atoms with Crippen molar-refractivity contribution in [3.8, 4) is 0 Å². The summed E-state index contributed by atoms with van der Waals surface area (Å²) in [6.45, 7) is 0. The normalized spacial score (nSPS) is 37.2. The van der Waals surface area contributed by atoms with Crippen LogP contribution in [0.5, 0.6) is 0 Å². The summed E-state index contributed by atoms with van der Waals surface area (Å²) in [7, 11) is 2.05. The maximum Gasteiger partial charge on any atom is 0.0638 e. The first-order chi connectivity index (χ1) is 6.79. The molecule has 72 valence electrons. The Bertz CT molecular complexity index is 455. The van der Waals surface area contributed by atoms with Crippen LogP contribution in [0.3, 0.4) is 0 Å². The van der Waals surface area contributed by atoms with Crippen LogP contribution in [0.4, 0.5) is 0 Å². The minimum atomic E-state index is 0.621. The van der Waals surface area contributed by atoms with E-state index in [9.17, 15) is 0 Å². The molecular formula is C12H14N2. The van der Waals surface area contributed by atoms with Crippen molar-refractivity contribution >= 4 is 6.08 Å². The van der Waals surface area contributed by atoms with E-state index in [0.29, 0.717) is 5.41 Å². The molecule has 0 radical (unpaired) electrons. The fraction of sp³-hybridized carbons (Fsp3) is 0.583. The lowest BCUT2D eigenvalue weighted by Crippen LogP contribution is -2.13. The molecule has 0 aromatic carbocycles. The highest BCUT2D eigenvalue weighted by molar-refractivity contribution is 5.62. The minimum absolute atomic E-state index is 0.621. The molecule has 1 aromatic heterocycles. The minimum Gasteiger partial charge on any atom is -0.268 e. The third-order valence-corrected chi connectivity index (χ3v) is 4.51. The number of fused-ring (bicyclic) bond motifs is 1. The molecule has 2 atom stereocenters. The number of aromatic nitrogens is 2. The van der Waals surface area contributed by atoms with Gasteiger partial charge in [-0.1, -0.05) is 5.57 Å². The van der Waals surface area contributed by atoms with Crippen molar-refractivity contribution in [2.24, 2.45) is 18.4 Å². The van der Waals surface area contributed by atoms with Gasteiger partial charge in [-0.3, -0.25) is 4.68 Å². The van der Waals surface area contributed by atoms with E-state index < -0.39 is 0 Å². The van der Waals surface area contributed by atoms with Crippen molar-refractivity contribution < 1.29 is 0 Å². The van der Waals surface area contributed by atoms with Crippen molar-refractivity contribution in [1.29, 1.82) is 0 Å². The standard InChI is InChI=1S/C12H14N2/c1-14-11-4-9-2-3-10-6-12(9,10)5-8(11)7-13-14/h4,7,10H,2-3,5-6H2,1H3/t10?,12-/m1/s1. The predicted molar refractivity (Wildman–Crippen MR) is 54.7 cm³/mol. The first-order valence-electron chi connectivity index (χ1n) is 5.51. The molecule has 1 aromatic rings. The van der Waals surface area contributed by atoms with Crippen LogP contribution in [0.25, 0.3) is 6.08 Å². The van der Waals surface area contributed by atoms with E-state index in [2.05, 4.69) is 17.4 Å². The molecule has 0 aliphatic heterocycles. The zero-order chi connectivity index (χ0) is 9.34. The monoisotopic (exact) mass is 186 g/mol. The van der Waals surface area contributed by atoms with Gasteiger partial charge in [0.15, 0.2) is 0 Å². The second-order valence-electron chi connectivity index (χ2n) is 5.12. The highest BCUT2D eigenvalue weighted by atomic mass is 15.3. The Balaban J connectivity index is 1.94. The van der Waals surface area contributed by atoms with E-state index in [-0.39, 0.29) is 0 Å². The second kappa shape index (κ2) is 1.97. The van der Waals surface area contributed by atoms with Gasteiger partial charge in [-0.2, -0.15) is 5.10 Å². The summed E-state index contributed by atoms with van der Waals surface area (Å²) in [5.41, 5.74) is 5.17. The van der Waals surface area contributed by atoms with Gasteiger partial charge >= 0.3 is 0 Å². The third kappa shape index (κ3) is 0.646. The largest absolute Gasteiger partial charge is 0.268 e. The van der Waals surface area contributed by atoms with Crippen molar-refractivity contribution in [1.82, 2.24) is 9.78 Å². The molecular weight excluding hydrogens is 172 g/mol. The molecule has 1 spiro atoms. The average molecular weight is 186 g/mol. The summed E-state index contributed by atoms with van der Waals surface area (Å²) in [4.78, 5) is 0. The number of hydrogen-bond acceptors (Lipinski definition) is 1. The predicted octanol–water partition coefficient (Wildman–Crippen LogP) is 2.16. The summed E-state index contributed by atoms with van der Waals surface area (Å²) in [5, 5.41) is 4.35. The average Bonchev–Trinajstić information content (AvgIpc) is 2.58. The number of rotatable bonds is 0. The van der Waals surface area contributed by atoms with Crippen LogP contribution in [0.15, 0.2) is 11.8 Å². The summed E-state index contributed by atoms with van der Waals surface area (Å²) in [5.74, 6) is 1.02. The number of nitrogens with zero attached hydrogens (tertiary/aromatic N) is 2. The van der Waals surface area contributed by atoms with E-state index >= 15 is 0 Å². The first-order valence-corrected chi connectivity index (χ1v) is 5.51. The summed E-state index contributed by atoms with van der Waals surface area (Å²) < 4.78 is 2.02. The topological polar surface area (TPSA) is 17.8 Å². The van der Waals surface area contributed by atoms with E-state index in [1.165, 1.54) is 36.9 Å². The van der Waals surface area contributed by atoms with Gasteiger partial charge < -0.3 is 0 Å². The van der Waals surface area contributed by atoms with Gasteiger partial charge in [-0.15, -0.1) is 0 Å². The van der Waals surface area contributed by atoms with Gasteiger partial charge in [0.25, 0.3) is 0 Å². The number of aryl methyl sites for hydroxylation is 1. The molecule has 0 bridgehead atoms. The van der Waals surface area contributed by atoms with Crippen LogP contribution in [-0.4, -0.2) is 9.78 Å². The van der Waals surface area contributed by atoms with E-state index in [0.717, 1.165) is 5.92 Å². The quantitative estimate of drug-likeness (QED) is 0.607. The molecule has 4 rings (SSSR count). The van der Waals surface area contributed by atoms with E-state index in [1.54, 1.807) is 5.57 Å². The summed E-state index contributed by atoms with van der Waals surface area (Å²) >= 11 is 0. The molecule has 2 heteroatoms. The van der Waals surface area contributed by atoms with E-state index in [1.807, 2.05) is 11.7 Å². The van der Waals surface area contributed by atoms with Gasteiger partial charge in [0.2, 0.25) is 0 Å². The van der Waals surface area contributed by atoms with Crippen molar-refractivity contribution in [3.63, 3.8) is 0 Å². The zero-order valence-corrected chi connectivity index (χ0v) is 8.45. The SMILES string of the molecule is Cn1ncc2c1C=C1CCC3C[C@]13C2. The van der Waals surface area contributed by atoms with Gasteiger partial charge in [-0.25, -0.2) is 0 Å². The molecule has 3 aliphatic rings. The highest BCUT2D eigenvalue weighted by Crippen LogP contribution is 2.69. The number of hydrogen-bond donors (Lipinski definition) is 0. The first kappa shape index (κ1) is 7.27. The second-order valence-corrected chi connectivity index (χ2v) is 5.12. The van der Waals surface area contributed by atoms with Crippen LogP contribution in [0.2, 0.25) is 0 Å². The smallest absolute Gasteiger partial charge is 0.0638 e. The highest BCUT2D eigenvalue weighted by Gasteiger charge is 2.60. The third-order valence-electron chi connectivity index (χ3n) is 4.51. The van der Waals surface area contributed by atoms with Crippen LogP contribution in [-0.2, 0) is 13.5 Å². The molecule has 0 N–H and O–H groups in total. The van der Waals surface area contributed by atoms with Crippen LogP contribution >= 0.6 is 0 Å². The molecule has 2 nitrogen and oxygen atoms in total.